The normalized spacial score (nSPS) is 12.2. The van der Waals surface area contributed by atoms with Crippen LogP contribution in [0.5, 0.6) is 0 Å². The monoisotopic (exact) mass is 350 g/mol. The number of carbonyl (C=O) groups excluding carboxylic acids is 1. The van der Waals surface area contributed by atoms with Crippen LogP contribution >= 0.6 is 11.8 Å². The Hall–Kier alpha value is -1.82. The Balaban J connectivity index is 2.39. The van der Waals surface area contributed by atoms with Crippen molar-refractivity contribution in [3.63, 3.8) is 0 Å². The summed E-state index contributed by atoms with van der Waals surface area (Å²) in [5, 5.41) is 4.64. The summed E-state index contributed by atoms with van der Waals surface area (Å²) in [6.07, 6.45) is 1.51. The molecule has 0 radical (unpaired) electrons. The van der Waals surface area contributed by atoms with E-state index in [1.165, 1.54) is 12.1 Å². The Morgan fingerprint density at radius 3 is 2.46 bits per heavy atom. The summed E-state index contributed by atoms with van der Waals surface area (Å²) in [6.45, 7) is 8.02. The first kappa shape index (κ1) is 18.5. The van der Waals surface area contributed by atoms with Gasteiger partial charge < -0.3 is 4.74 Å². The van der Waals surface area contributed by atoms with Gasteiger partial charge in [-0.25, -0.2) is 9.18 Å². The van der Waals surface area contributed by atoms with Crippen molar-refractivity contribution in [2.45, 2.75) is 56.4 Å². The highest BCUT2D eigenvalue weighted by molar-refractivity contribution is 7.99. The second-order valence-electron chi connectivity index (χ2n) is 5.36. The van der Waals surface area contributed by atoms with Gasteiger partial charge >= 0.3 is 5.97 Å². The van der Waals surface area contributed by atoms with E-state index in [-0.39, 0.29) is 11.8 Å². The summed E-state index contributed by atoms with van der Waals surface area (Å²) >= 11 is 1.56. The quantitative estimate of drug-likeness (QED) is 0.693. The molecule has 1 unspecified atom stereocenters. The molecule has 130 valence electrons. The number of aromatic nitrogens is 2. The maximum absolute atomic E-state index is 13.1. The highest BCUT2D eigenvalue weighted by Crippen LogP contribution is 2.35. The molecule has 24 heavy (non-hydrogen) atoms. The average molecular weight is 350 g/mol. The Labute approximate surface area is 146 Å². The van der Waals surface area contributed by atoms with Gasteiger partial charge in [0.2, 0.25) is 0 Å². The smallest absolute Gasteiger partial charge is 0.330 e. The molecule has 0 fully saturated rings. The van der Waals surface area contributed by atoms with Gasteiger partial charge in [0.1, 0.15) is 11.9 Å². The van der Waals surface area contributed by atoms with Crippen LogP contribution in [0.25, 0.3) is 0 Å². The number of ether oxygens (including phenoxy) is 1. The number of aryl methyl sites for hydroxylation is 1. The first-order valence-electron chi connectivity index (χ1n) is 8.22. The number of halogens is 1. The van der Waals surface area contributed by atoms with E-state index >= 15 is 0 Å². The maximum atomic E-state index is 13.1. The average Bonchev–Trinajstić information content (AvgIpc) is 2.93. The Bertz CT molecular complexity index is 698. The molecule has 0 N–H and O–H groups in total. The van der Waals surface area contributed by atoms with Gasteiger partial charge in [-0.05, 0) is 51.0 Å². The zero-order valence-corrected chi connectivity index (χ0v) is 15.3. The van der Waals surface area contributed by atoms with Gasteiger partial charge in [0.15, 0.2) is 0 Å². The number of esters is 1. The van der Waals surface area contributed by atoms with E-state index in [1.807, 2.05) is 13.8 Å². The van der Waals surface area contributed by atoms with E-state index in [4.69, 9.17) is 4.74 Å². The molecule has 1 aromatic heterocycles. The summed E-state index contributed by atoms with van der Waals surface area (Å²) < 4.78 is 20.0. The van der Waals surface area contributed by atoms with Crippen molar-refractivity contribution in [1.82, 2.24) is 9.78 Å². The molecule has 0 amide bonds. The highest BCUT2D eigenvalue weighted by Gasteiger charge is 2.24. The van der Waals surface area contributed by atoms with Crippen LogP contribution in [-0.4, -0.2) is 22.4 Å². The second kappa shape index (κ2) is 8.33. The summed E-state index contributed by atoms with van der Waals surface area (Å²) in [4.78, 5) is 14.1. The van der Waals surface area contributed by atoms with Crippen molar-refractivity contribution in [2.24, 2.45) is 0 Å². The van der Waals surface area contributed by atoms with Crippen LogP contribution < -0.4 is 0 Å². The molecule has 1 heterocycles. The van der Waals surface area contributed by atoms with Crippen LogP contribution in [0.1, 0.15) is 45.1 Å². The minimum Gasteiger partial charge on any atom is -0.464 e. The second-order valence-corrected chi connectivity index (χ2v) is 6.44. The lowest BCUT2D eigenvalue weighted by Gasteiger charge is -2.14. The number of hydrogen-bond acceptors (Lipinski definition) is 4. The third kappa shape index (κ3) is 3.98. The van der Waals surface area contributed by atoms with Crippen molar-refractivity contribution < 1.29 is 13.9 Å². The highest BCUT2D eigenvalue weighted by atomic mass is 32.2. The molecule has 0 aliphatic rings. The van der Waals surface area contributed by atoms with Crippen molar-refractivity contribution in [2.75, 3.05) is 6.61 Å². The number of benzene rings is 1. The number of carbonyl (C=O) groups is 1. The largest absolute Gasteiger partial charge is 0.464 e. The van der Waals surface area contributed by atoms with Crippen LogP contribution in [0.15, 0.2) is 34.1 Å². The molecule has 2 rings (SSSR count). The van der Waals surface area contributed by atoms with Crippen LogP contribution in [0.2, 0.25) is 0 Å². The minimum absolute atomic E-state index is 0.252. The zero-order valence-electron chi connectivity index (χ0n) is 14.5. The molecular formula is C18H23FN2O2S. The summed E-state index contributed by atoms with van der Waals surface area (Å²) in [7, 11) is 0. The van der Waals surface area contributed by atoms with Crippen molar-refractivity contribution in [3.05, 3.63) is 41.5 Å². The van der Waals surface area contributed by atoms with Crippen molar-refractivity contribution >= 4 is 17.7 Å². The fourth-order valence-corrected chi connectivity index (χ4v) is 3.65. The van der Waals surface area contributed by atoms with Crippen molar-refractivity contribution in [1.29, 1.82) is 0 Å². The van der Waals surface area contributed by atoms with E-state index in [9.17, 15) is 9.18 Å². The molecular weight excluding hydrogens is 327 g/mol. The Morgan fingerprint density at radius 2 is 1.92 bits per heavy atom. The van der Waals surface area contributed by atoms with Crippen LogP contribution in [-0.2, 0) is 22.4 Å². The Morgan fingerprint density at radius 1 is 1.25 bits per heavy atom. The molecule has 6 heteroatoms. The predicted molar refractivity (Wildman–Crippen MR) is 92.9 cm³/mol. The fourth-order valence-electron chi connectivity index (χ4n) is 2.48. The fraction of sp³-hybridized carbons (Fsp3) is 0.444. The topological polar surface area (TPSA) is 44.1 Å². The molecule has 0 aliphatic carbocycles. The van der Waals surface area contributed by atoms with Crippen LogP contribution in [0.4, 0.5) is 4.39 Å². The molecule has 1 aromatic carbocycles. The first-order chi connectivity index (χ1) is 11.5. The maximum Gasteiger partial charge on any atom is 0.330 e. The van der Waals surface area contributed by atoms with E-state index in [1.54, 1.807) is 42.4 Å². The van der Waals surface area contributed by atoms with Gasteiger partial charge in [0.25, 0.3) is 0 Å². The van der Waals surface area contributed by atoms with Gasteiger partial charge in [-0.2, -0.15) is 5.10 Å². The van der Waals surface area contributed by atoms with Crippen LogP contribution in [0.3, 0.4) is 0 Å². The molecule has 0 saturated carbocycles. The molecule has 2 aromatic rings. The third-order valence-corrected chi connectivity index (χ3v) is 4.91. The molecule has 0 saturated heterocycles. The molecule has 0 aliphatic heterocycles. The number of nitrogens with zero attached hydrogens (tertiary/aromatic N) is 2. The summed E-state index contributed by atoms with van der Waals surface area (Å²) in [6, 6.07) is 5.94. The van der Waals surface area contributed by atoms with E-state index in [0.29, 0.717) is 6.61 Å². The lowest BCUT2D eigenvalue weighted by atomic mass is 10.2. The summed E-state index contributed by atoms with van der Waals surface area (Å²) in [5.41, 5.74) is 1.94. The predicted octanol–water partition coefficient (Wildman–Crippen LogP) is 4.42. The van der Waals surface area contributed by atoms with Gasteiger partial charge in [-0.3, -0.25) is 4.68 Å². The number of hydrogen-bond donors (Lipinski definition) is 0. The zero-order chi connectivity index (χ0) is 17.7. The van der Waals surface area contributed by atoms with E-state index in [0.717, 1.165) is 34.0 Å². The molecule has 0 spiro atoms. The van der Waals surface area contributed by atoms with E-state index in [2.05, 4.69) is 5.10 Å². The lowest BCUT2D eigenvalue weighted by Crippen LogP contribution is -2.22. The molecule has 4 nitrogen and oxygen atoms in total. The van der Waals surface area contributed by atoms with Gasteiger partial charge in [-0.15, -0.1) is 0 Å². The molecule has 1 atom stereocenters. The first-order valence-corrected chi connectivity index (χ1v) is 9.03. The minimum atomic E-state index is -0.465. The molecule has 0 bridgehead atoms. The lowest BCUT2D eigenvalue weighted by molar-refractivity contribution is -0.146. The third-order valence-electron chi connectivity index (χ3n) is 3.73. The summed E-state index contributed by atoms with van der Waals surface area (Å²) in [5.74, 6) is -0.534. The standard InChI is InChI=1S/C18H23FN2O2S/c1-5-15-17(24-14-10-8-13(19)9-11-14)16(6-2)21(20-15)12(4)18(22)23-7-3/h8-12H,5-7H2,1-4H3. The van der Waals surface area contributed by atoms with Gasteiger partial charge in [0.05, 0.1) is 22.9 Å². The SMILES string of the molecule is CCOC(=O)C(C)n1nc(CC)c(Sc2ccc(F)cc2)c1CC. The van der Waals surface area contributed by atoms with Gasteiger partial charge in [-0.1, -0.05) is 25.6 Å². The van der Waals surface area contributed by atoms with Gasteiger partial charge in [0, 0.05) is 4.90 Å². The Kier molecular flexibility index (Phi) is 6.43. The van der Waals surface area contributed by atoms with Crippen LogP contribution in [0, 0.1) is 5.82 Å². The van der Waals surface area contributed by atoms with E-state index < -0.39 is 6.04 Å². The van der Waals surface area contributed by atoms with Crippen molar-refractivity contribution in [3.8, 4) is 0 Å². The number of rotatable bonds is 7.